The van der Waals surface area contributed by atoms with Crippen molar-refractivity contribution in [2.24, 2.45) is 5.41 Å². The van der Waals surface area contributed by atoms with Gasteiger partial charge in [0.25, 0.3) is 12.9 Å². The van der Waals surface area contributed by atoms with Crippen molar-refractivity contribution in [1.29, 1.82) is 0 Å². The van der Waals surface area contributed by atoms with Gasteiger partial charge in [0, 0.05) is 40.8 Å². The SMILES string of the molecule is CC1(C)CC(N2CCCCC2)C1.Fc1cc(C(F)F)c(OCc2ccc(Cl)cc2Cl)cc1N1CCC1.O=CO. The van der Waals surface area contributed by atoms with Crippen molar-refractivity contribution in [2.45, 2.75) is 71.4 Å². The number of alkyl halides is 2. The molecule has 1 aliphatic carbocycles. The molecule has 5 rings (SSSR count). The lowest BCUT2D eigenvalue weighted by atomic mass is 9.67. The fourth-order valence-corrected chi connectivity index (χ4v) is 5.67. The fraction of sp³-hybridized carbons (Fsp3) is 0.552. The van der Waals surface area contributed by atoms with Gasteiger partial charge in [-0.05, 0) is 68.8 Å². The molecule has 3 fully saturated rings. The molecule has 0 spiro atoms. The summed E-state index contributed by atoms with van der Waals surface area (Å²) in [6.07, 6.45) is 5.34. The molecule has 0 bridgehead atoms. The summed E-state index contributed by atoms with van der Waals surface area (Å²) in [5, 5.41) is 7.74. The summed E-state index contributed by atoms with van der Waals surface area (Å²) < 4.78 is 46.0. The van der Waals surface area contributed by atoms with Crippen LogP contribution in [0.4, 0.5) is 18.9 Å². The monoisotopic (exact) mass is 588 g/mol. The van der Waals surface area contributed by atoms with Crippen molar-refractivity contribution in [1.82, 2.24) is 4.90 Å². The number of hydrogen-bond donors (Lipinski definition) is 1. The molecule has 2 aliphatic heterocycles. The highest BCUT2D eigenvalue weighted by Gasteiger charge is 2.39. The number of carbonyl (C=O) groups is 1. The van der Waals surface area contributed by atoms with Crippen molar-refractivity contribution >= 4 is 35.4 Å². The van der Waals surface area contributed by atoms with Crippen molar-refractivity contribution in [2.75, 3.05) is 31.1 Å². The molecule has 2 saturated heterocycles. The Hall–Kier alpha value is -2.16. The Balaban J connectivity index is 0.000000233. The molecule has 0 atom stereocenters. The highest BCUT2D eigenvalue weighted by atomic mass is 35.5. The van der Waals surface area contributed by atoms with Gasteiger partial charge in [0.05, 0.1) is 11.3 Å². The summed E-state index contributed by atoms with van der Waals surface area (Å²) >= 11 is 11.9. The lowest BCUT2D eigenvalue weighted by Gasteiger charge is -2.49. The zero-order chi connectivity index (χ0) is 28.6. The van der Waals surface area contributed by atoms with Crippen molar-refractivity contribution in [3.05, 3.63) is 57.3 Å². The second-order valence-corrected chi connectivity index (χ2v) is 11.8. The lowest BCUT2D eigenvalue weighted by molar-refractivity contribution is -0.122. The Bertz CT molecular complexity index is 1090. The van der Waals surface area contributed by atoms with Gasteiger partial charge in [0.15, 0.2) is 0 Å². The number of piperidine rings is 1. The second kappa shape index (κ2) is 14.5. The number of nitrogens with zero attached hydrogens (tertiary/aromatic N) is 2. The van der Waals surface area contributed by atoms with E-state index in [9.17, 15) is 13.2 Å². The van der Waals surface area contributed by atoms with Crippen LogP contribution >= 0.6 is 23.2 Å². The Morgan fingerprint density at radius 1 is 1.05 bits per heavy atom. The maximum absolute atomic E-state index is 14.1. The third kappa shape index (κ3) is 8.92. The summed E-state index contributed by atoms with van der Waals surface area (Å²) in [6.45, 7) is 8.68. The van der Waals surface area contributed by atoms with E-state index in [4.69, 9.17) is 37.8 Å². The summed E-state index contributed by atoms with van der Waals surface area (Å²) in [7, 11) is 0. The molecule has 0 radical (unpaired) electrons. The average molecular weight is 590 g/mol. The van der Waals surface area contributed by atoms with Gasteiger partial charge in [-0.25, -0.2) is 13.2 Å². The molecule has 216 valence electrons. The van der Waals surface area contributed by atoms with E-state index in [1.54, 1.807) is 23.1 Å². The zero-order valence-electron chi connectivity index (χ0n) is 22.4. The van der Waals surface area contributed by atoms with Crippen LogP contribution in [0.3, 0.4) is 0 Å². The topological polar surface area (TPSA) is 53.0 Å². The van der Waals surface area contributed by atoms with Gasteiger partial charge in [-0.1, -0.05) is 49.5 Å². The highest BCUT2D eigenvalue weighted by Crippen LogP contribution is 2.43. The number of halogens is 5. The molecule has 0 unspecified atom stereocenters. The van der Waals surface area contributed by atoms with Crippen LogP contribution in [0.2, 0.25) is 10.0 Å². The standard InChI is InChI=1S/C17H14Cl2F3NO.C11H21N.CH2O2/c18-11-3-2-10(13(19)6-11)9-24-16-8-15(23-4-1-5-23)14(20)7-12(16)17(21)22;1-11(2)8-10(9-11)12-6-4-3-5-7-12;2-1-3/h2-3,6-8,17H,1,4-5,9H2;10H,3-9H2,1-2H3;1H,(H,2,3). The molecular weight excluding hydrogens is 552 g/mol. The quantitative estimate of drug-likeness (QED) is 0.344. The maximum Gasteiger partial charge on any atom is 0.290 e. The molecule has 0 aromatic heterocycles. The second-order valence-electron chi connectivity index (χ2n) is 10.9. The first kappa shape index (κ1) is 31.4. The van der Waals surface area contributed by atoms with E-state index in [1.165, 1.54) is 51.3 Å². The number of carboxylic acid groups (broad SMARTS) is 1. The summed E-state index contributed by atoms with van der Waals surface area (Å²) in [5.74, 6) is -0.707. The number of rotatable bonds is 6. The van der Waals surface area contributed by atoms with Crippen LogP contribution < -0.4 is 9.64 Å². The fourth-order valence-electron chi connectivity index (χ4n) is 5.20. The molecule has 39 heavy (non-hydrogen) atoms. The summed E-state index contributed by atoms with van der Waals surface area (Å²) in [6, 6.07) is 7.96. The normalized spacial score (nSPS) is 18.6. The largest absolute Gasteiger partial charge is 0.488 e. The Labute approximate surface area is 238 Å². The van der Waals surface area contributed by atoms with Crippen LogP contribution in [0.5, 0.6) is 5.75 Å². The van der Waals surface area contributed by atoms with Crippen LogP contribution in [-0.2, 0) is 11.4 Å². The zero-order valence-corrected chi connectivity index (χ0v) is 24.0. The number of anilines is 1. The van der Waals surface area contributed by atoms with Gasteiger partial charge < -0.3 is 19.6 Å². The molecular formula is C29H37Cl2F3N2O3. The van der Waals surface area contributed by atoms with Gasteiger partial charge >= 0.3 is 0 Å². The van der Waals surface area contributed by atoms with Crippen LogP contribution in [0, 0.1) is 11.2 Å². The van der Waals surface area contributed by atoms with E-state index in [1.807, 2.05) is 0 Å². The van der Waals surface area contributed by atoms with E-state index >= 15 is 0 Å². The van der Waals surface area contributed by atoms with Crippen LogP contribution in [0.1, 0.15) is 69.9 Å². The van der Waals surface area contributed by atoms with Crippen LogP contribution in [-0.4, -0.2) is 48.7 Å². The molecule has 2 aromatic carbocycles. The van der Waals surface area contributed by atoms with E-state index in [2.05, 4.69) is 18.7 Å². The summed E-state index contributed by atoms with van der Waals surface area (Å²) in [4.78, 5) is 12.9. The Morgan fingerprint density at radius 2 is 1.69 bits per heavy atom. The molecule has 3 aliphatic rings. The minimum absolute atomic E-state index is 0.0131. The van der Waals surface area contributed by atoms with Gasteiger partial charge in [0.2, 0.25) is 0 Å². The number of ether oxygens (including phenoxy) is 1. The van der Waals surface area contributed by atoms with Gasteiger partial charge in [-0.3, -0.25) is 4.79 Å². The van der Waals surface area contributed by atoms with E-state index in [0.29, 0.717) is 34.1 Å². The smallest absolute Gasteiger partial charge is 0.290 e. The molecule has 1 N–H and O–H groups in total. The predicted molar refractivity (Wildman–Crippen MR) is 150 cm³/mol. The van der Waals surface area contributed by atoms with Crippen LogP contribution in [0.15, 0.2) is 30.3 Å². The lowest BCUT2D eigenvalue weighted by Crippen LogP contribution is -2.50. The Morgan fingerprint density at radius 3 is 2.21 bits per heavy atom. The van der Waals surface area contributed by atoms with E-state index < -0.39 is 17.8 Å². The molecule has 0 amide bonds. The van der Waals surface area contributed by atoms with Crippen LogP contribution in [0.25, 0.3) is 0 Å². The van der Waals surface area contributed by atoms with E-state index in [-0.39, 0.29) is 24.5 Å². The summed E-state index contributed by atoms with van der Waals surface area (Å²) in [5.41, 5.74) is 1.07. The molecule has 2 heterocycles. The van der Waals surface area contributed by atoms with Gasteiger partial charge in [-0.15, -0.1) is 0 Å². The predicted octanol–water partition coefficient (Wildman–Crippen LogP) is 8.22. The number of benzene rings is 2. The van der Waals surface area contributed by atoms with Crippen molar-refractivity contribution < 1.29 is 27.8 Å². The molecule has 1 saturated carbocycles. The average Bonchev–Trinajstić information content (AvgIpc) is 2.84. The third-order valence-electron chi connectivity index (χ3n) is 7.39. The number of hydrogen-bond acceptors (Lipinski definition) is 4. The molecule has 10 heteroatoms. The minimum Gasteiger partial charge on any atom is -0.488 e. The first-order chi connectivity index (χ1) is 18.5. The third-order valence-corrected chi connectivity index (χ3v) is 7.98. The molecule has 5 nitrogen and oxygen atoms in total. The Kier molecular flexibility index (Phi) is 11.6. The number of likely N-dealkylation sites (tertiary alicyclic amines) is 1. The van der Waals surface area contributed by atoms with Crippen molar-refractivity contribution in [3.8, 4) is 5.75 Å². The van der Waals surface area contributed by atoms with Crippen molar-refractivity contribution in [3.63, 3.8) is 0 Å². The molecule has 2 aromatic rings. The first-order valence-electron chi connectivity index (χ1n) is 13.3. The highest BCUT2D eigenvalue weighted by molar-refractivity contribution is 6.35. The van der Waals surface area contributed by atoms with Gasteiger partial charge in [0.1, 0.15) is 18.2 Å². The minimum atomic E-state index is -2.83. The maximum atomic E-state index is 14.1. The first-order valence-corrected chi connectivity index (χ1v) is 14.1. The van der Waals surface area contributed by atoms with Gasteiger partial charge in [-0.2, -0.15) is 0 Å². The van der Waals surface area contributed by atoms with E-state index in [0.717, 1.165) is 18.5 Å².